The molecule has 1 fully saturated rings. The van der Waals surface area contributed by atoms with Crippen LogP contribution < -0.4 is 4.74 Å². The fourth-order valence-electron chi connectivity index (χ4n) is 2.12. The molecule has 23 heavy (non-hydrogen) atoms. The molecule has 118 valence electrons. The highest BCUT2D eigenvalue weighted by molar-refractivity contribution is 8.18. The standard InChI is InChI=1S/C17H15NO4S/c1-4-6-12-8-11(9-13(22-3)15(12)19)10-14-16(20)18(7-5-2)17(21)23-14/h2,4,8-10,19H,1,6-7H2,3H3/b14-10+. The van der Waals surface area contributed by atoms with Gasteiger partial charge in [0.2, 0.25) is 0 Å². The number of carbonyl (C=O) groups excluding carboxylic acids is 2. The highest BCUT2D eigenvalue weighted by Gasteiger charge is 2.34. The van der Waals surface area contributed by atoms with Crippen molar-refractivity contribution >= 4 is 29.0 Å². The topological polar surface area (TPSA) is 66.8 Å². The fourth-order valence-corrected chi connectivity index (χ4v) is 2.96. The van der Waals surface area contributed by atoms with Crippen molar-refractivity contribution < 1.29 is 19.4 Å². The molecule has 1 heterocycles. The lowest BCUT2D eigenvalue weighted by molar-refractivity contribution is -0.122. The molecular formula is C17H15NO4S. The lowest BCUT2D eigenvalue weighted by Crippen LogP contribution is -2.28. The summed E-state index contributed by atoms with van der Waals surface area (Å²) < 4.78 is 5.14. The minimum absolute atomic E-state index is 0.0324. The van der Waals surface area contributed by atoms with Crippen LogP contribution >= 0.6 is 11.8 Å². The zero-order valence-electron chi connectivity index (χ0n) is 12.5. The van der Waals surface area contributed by atoms with Crippen molar-refractivity contribution in [3.05, 3.63) is 40.8 Å². The molecule has 6 heteroatoms. The number of ether oxygens (including phenoxy) is 1. The second-order valence-electron chi connectivity index (χ2n) is 4.70. The molecule has 0 aliphatic carbocycles. The maximum Gasteiger partial charge on any atom is 0.294 e. The molecule has 0 radical (unpaired) electrons. The van der Waals surface area contributed by atoms with Crippen LogP contribution in [0, 0.1) is 12.3 Å². The zero-order chi connectivity index (χ0) is 17.0. The Morgan fingerprint density at radius 1 is 1.48 bits per heavy atom. The second kappa shape index (κ2) is 7.07. The molecule has 1 aromatic rings. The number of phenolic OH excluding ortho intramolecular Hbond substituents is 1. The van der Waals surface area contributed by atoms with Crippen molar-refractivity contribution in [3.8, 4) is 23.8 Å². The Morgan fingerprint density at radius 2 is 2.22 bits per heavy atom. The number of phenols is 1. The Labute approximate surface area is 138 Å². The number of carbonyl (C=O) groups is 2. The van der Waals surface area contributed by atoms with E-state index in [0.29, 0.717) is 23.3 Å². The Bertz CT molecular complexity index is 746. The van der Waals surface area contributed by atoms with Crippen LogP contribution in [0.25, 0.3) is 6.08 Å². The van der Waals surface area contributed by atoms with E-state index in [1.807, 2.05) is 0 Å². The smallest absolute Gasteiger partial charge is 0.294 e. The summed E-state index contributed by atoms with van der Waals surface area (Å²) in [5.41, 5.74) is 1.26. The van der Waals surface area contributed by atoms with Crippen LogP contribution in [-0.2, 0) is 11.2 Å². The number of amides is 2. The number of aromatic hydroxyl groups is 1. The number of imide groups is 1. The minimum Gasteiger partial charge on any atom is -0.504 e. The number of benzene rings is 1. The number of terminal acetylenes is 1. The van der Waals surface area contributed by atoms with Crippen LogP contribution in [0.3, 0.4) is 0 Å². The van der Waals surface area contributed by atoms with E-state index in [0.717, 1.165) is 16.7 Å². The molecule has 2 amide bonds. The quantitative estimate of drug-likeness (QED) is 0.511. The van der Waals surface area contributed by atoms with E-state index in [9.17, 15) is 14.7 Å². The summed E-state index contributed by atoms with van der Waals surface area (Å²) in [5, 5.41) is 9.67. The van der Waals surface area contributed by atoms with Crippen molar-refractivity contribution in [3.63, 3.8) is 0 Å². The van der Waals surface area contributed by atoms with Gasteiger partial charge < -0.3 is 9.84 Å². The lowest BCUT2D eigenvalue weighted by atomic mass is 10.1. The molecular weight excluding hydrogens is 314 g/mol. The average molecular weight is 329 g/mol. The van der Waals surface area contributed by atoms with E-state index in [1.165, 1.54) is 7.11 Å². The van der Waals surface area contributed by atoms with Crippen molar-refractivity contribution in [2.75, 3.05) is 13.7 Å². The third-order valence-electron chi connectivity index (χ3n) is 3.18. The predicted molar refractivity (Wildman–Crippen MR) is 90.1 cm³/mol. The maximum absolute atomic E-state index is 12.2. The number of methoxy groups -OCH3 is 1. The number of hydrogen-bond donors (Lipinski definition) is 1. The first-order chi connectivity index (χ1) is 11.0. The molecule has 2 rings (SSSR count). The molecule has 0 aromatic heterocycles. The van der Waals surface area contributed by atoms with E-state index in [2.05, 4.69) is 12.5 Å². The van der Waals surface area contributed by atoms with Gasteiger partial charge in [-0.1, -0.05) is 12.0 Å². The third-order valence-corrected chi connectivity index (χ3v) is 4.09. The molecule has 0 spiro atoms. The summed E-state index contributed by atoms with van der Waals surface area (Å²) >= 11 is 0.833. The summed E-state index contributed by atoms with van der Waals surface area (Å²) in [7, 11) is 1.44. The largest absolute Gasteiger partial charge is 0.504 e. The van der Waals surface area contributed by atoms with E-state index < -0.39 is 11.1 Å². The number of rotatable bonds is 5. The number of allylic oxidation sites excluding steroid dienone is 1. The first-order valence-corrected chi connectivity index (χ1v) is 7.53. The normalized spacial score (nSPS) is 15.8. The summed E-state index contributed by atoms with van der Waals surface area (Å²) in [6.45, 7) is 3.59. The van der Waals surface area contributed by atoms with Gasteiger partial charge >= 0.3 is 0 Å². The van der Waals surface area contributed by atoms with Crippen molar-refractivity contribution in [2.45, 2.75) is 6.42 Å². The minimum atomic E-state index is -0.421. The van der Waals surface area contributed by atoms with Gasteiger partial charge in [-0.2, -0.15) is 0 Å². The fraction of sp³-hybridized carbons (Fsp3) is 0.176. The number of hydrogen-bond acceptors (Lipinski definition) is 5. The van der Waals surface area contributed by atoms with Crippen LogP contribution in [0.5, 0.6) is 11.5 Å². The molecule has 0 bridgehead atoms. The molecule has 1 N–H and O–H groups in total. The maximum atomic E-state index is 12.2. The SMILES string of the molecule is C#CCN1C(=O)S/C(=C/c2cc(CC=C)c(O)c(OC)c2)C1=O. The first-order valence-electron chi connectivity index (χ1n) is 6.71. The average Bonchev–Trinajstić information content (AvgIpc) is 2.78. The van der Waals surface area contributed by atoms with Crippen LogP contribution in [0.15, 0.2) is 29.7 Å². The van der Waals surface area contributed by atoms with Gasteiger partial charge in [-0.05, 0) is 42.0 Å². The number of thioether (sulfide) groups is 1. The molecule has 5 nitrogen and oxygen atoms in total. The van der Waals surface area contributed by atoms with Crippen molar-refractivity contribution in [2.24, 2.45) is 0 Å². The predicted octanol–water partition coefficient (Wildman–Crippen LogP) is 2.80. The molecule has 0 atom stereocenters. The monoisotopic (exact) mass is 329 g/mol. The summed E-state index contributed by atoms with van der Waals surface area (Å²) in [6.07, 6.45) is 8.84. The van der Waals surface area contributed by atoms with Gasteiger partial charge in [0, 0.05) is 5.56 Å². The van der Waals surface area contributed by atoms with Gasteiger partial charge in [0.05, 0.1) is 18.6 Å². The first kappa shape index (κ1) is 16.7. The molecule has 0 saturated carbocycles. The van der Waals surface area contributed by atoms with Gasteiger partial charge in [0.25, 0.3) is 11.1 Å². The summed E-state index contributed by atoms with van der Waals surface area (Å²) in [6, 6.07) is 3.31. The Hall–Kier alpha value is -2.65. The molecule has 1 aliphatic rings. The van der Waals surface area contributed by atoms with E-state index in [1.54, 1.807) is 24.3 Å². The van der Waals surface area contributed by atoms with Crippen molar-refractivity contribution in [1.82, 2.24) is 4.90 Å². The highest BCUT2D eigenvalue weighted by Crippen LogP contribution is 2.36. The highest BCUT2D eigenvalue weighted by atomic mass is 32.2. The van der Waals surface area contributed by atoms with Crippen LogP contribution in [-0.4, -0.2) is 34.8 Å². The number of nitrogens with zero attached hydrogens (tertiary/aromatic N) is 1. The second-order valence-corrected chi connectivity index (χ2v) is 5.69. The van der Waals surface area contributed by atoms with Crippen LogP contribution in [0.4, 0.5) is 4.79 Å². The van der Waals surface area contributed by atoms with Gasteiger partial charge in [-0.15, -0.1) is 13.0 Å². The van der Waals surface area contributed by atoms with Crippen molar-refractivity contribution in [1.29, 1.82) is 0 Å². The van der Waals surface area contributed by atoms with Gasteiger partial charge in [-0.3, -0.25) is 14.5 Å². The van der Waals surface area contributed by atoms with Gasteiger partial charge in [-0.25, -0.2) is 0 Å². The van der Waals surface area contributed by atoms with E-state index >= 15 is 0 Å². The Morgan fingerprint density at radius 3 is 2.83 bits per heavy atom. The third kappa shape index (κ3) is 3.41. The molecule has 1 aliphatic heterocycles. The Balaban J connectivity index is 2.41. The Kier molecular flexibility index (Phi) is 5.14. The molecule has 1 aromatic carbocycles. The molecule has 1 saturated heterocycles. The lowest BCUT2D eigenvalue weighted by Gasteiger charge is -2.10. The van der Waals surface area contributed by atoms with Crippen LogP contribution in [0.1, 0.15) is 11.1 Å². The van der Waals surface area contributed by atoms with E-state index in [-0.39, 0.29) is 17.2 Å². The zero-order valence-corrected chi connectivity index (χ0v) is 13.4. The van der Waals surface area contributed by atoms with Gasteiger partial charge in [0.15, 0.2) is 11.5 Å². The van der Waals surface area contributed by atoms with Gasteiger partial charge in [0.1, 0.15) is 0 Å². The summed E-state index contributed by atoms with van der Waals surface area (Å²) in [4.78, 5) is 25.2. The van der Waals surface area contributed by atoms with Crippen LogP contribution in [0.2, 0.25) is 0 Å². The summed E-state index contributed by atoms with van der Waals surface area (Å²) in [5.74, 6) is 2.19. The van der Waals surface area contributed by atoms with E-state index in [4.69, 9.17) is 11.2 Å². The molecule has 0 unspecified atom stereocenters.